The Labute approximate surface area is 109 Å². The fraction of sp³-hybridized carbons (Fsp3) is 0.143. The van der Waals surface area contributed by atoms with Crippen molar-refractivity contribution in [2.45, 2.75) is 0 Å². The van der Waals surface area contributed by atoms with Crippen molar-refractivity contribution in [3.05, 3.63) is 36.1 Å². The molecule has 0 spiro atoms. The Hall–Kier alpha value is -2.43. The minimum atomic E-state index is -0.510. The molecular formula is C14H13FO4. The van der Waals surface area contributed by atoms with Crippen LogP contribution in [-0.4, -0.2) is 24.4 Å². The second kappa shape index (κ2) is 5.06. The van der Waals surface area contributed by atoms with E-state index < -0.39 is 5.82 Å². The molecule has 2 aromatic carbocycles. The van der Waals surface area contributed by atoms with E-state index in [-0.39, 0.29) is 34.1 Å². The lowest BCUT2D eigenvalue weighted by atomic mass is 10.0. The molecule has 2 N–H and O–H groups in total. The number of ether oxygens (including phenoxy) is 2. The van der Waals surface area contributed by atoms with Gasteiger partial charge in [0.1, 0.15) is 5.82 Å². The van der Waals surface area contributed by atoms with Gasteiger partial charge in [0.15, 0.2) is 11.5 Å². The van der Waals surface area contributed by atoms with Crippen LogP contribution in [0.4, 0.5) is 4.39 Å². The molecule has 0 saturated heterocycles. The van der Waals surface area contributed by atoms with E-state index >= 15 is 0 Å². The van der Waals surface area contributed by atoms with E-state index in [1.54, 1.807) is 6.07 Å². The van der Waals surface area contributed by atoms with Gasteiger partial charge < -0.3 is 19.7 Å². The average molecular weight is 264 g/mol. The van der Waals surface area contributed by atoms with Gasteiger partial charge in [0.2, 0.25) is 11.5 Å². The maximum atomic E-state index is 13.7. The van der Waals surface area contributed by atoms with Gasteiger partial charge in [0.05, 0.1) is 14.2 Å². The summed E-state index contributed by atoms with van der Waals surface area (Å²) in [5.74, 6) is -1.08. The van der Waals surface area contributed by atoms with E-state index in [1.807, 2.05) is 0 Å². The molecule has 0 aliphatic heterocycles. The lowest BCUT2D eigenvalue weighted by molar-refractivity contribution is 0.317. The summed E-state index contributed by atoms with van der Waals surface area (Å²) in [6.45, 7) is 0. The van der Waals surface area contributed by atoms with Crippen LogP contribution in [-0.2, 0) is 0 Å². The first kappa shape index (κ1) is 13.0. The van der Waals surface area contributed by atoms with Gasteiger partial charge in [0, 0.05) is 11.1 Å². The summed E-state index contributed by atoms with van der Waals surface area (Å²) in [6, 6.07) is 7.16. The Morgan fingerprint density at radius 1 is 0.947 bits per heavy atom. The van der Waals surface area contributed by atoms with Crippen molar-refractivity contribution in [1.82, 2.24) is 0 Å². The van der Waals surface area contributed by atoms with Gasteiger partial charge in [-0.3, -0.25) is 0 Å². The summed E-state index contributed by atoms with van der Waals surface area (Å²) in [7, 11) is 2.65. The Kier molecular flexibility index (Phi) is 3.46. The molecule has 0 fully saturated rings. The molecule has 4 nitrogen and oxygen atoms in total. The van der Waals surface area contributed by atoms with Crippen LogP contribution < -0.4 is 9.47 Å². The molecule has 0 radical (unpaired) electrons. The third-order valence-electron chi connectivity index (χ3n) is 2.76. The van der Waals surface area contributed by atoms with Crippen molar-refractivity contribution >= 4 is 0 Å². The van der Waals surface area contributed by atoms with Gasteiger partial charge in [-0.2, -0.15) is 0 Å². The lowest BCUT2D eigenvalue weighted by Gasteiger charge is -2.14. The molecular weight excluding hydrogens is 251 g/mol. The van der Waals surface area contributed by atoms with Crippen LogP contribution in [0.1, 0.15) is 0 Å². The predicted molar refractivity (Wildman–Crippen MR) is 68.3 cm³/mol. The molecule has 100 valence electrons. The second-order valence-electron chi connectivity index (χ2n) is 3.84. The third-order valence-corrected chi connectivity index (χ3v) is 2.76. The Morgan fingerprint density at radius 2 is 1.58 bits per heavy atom. The van der Waals surface area contributed by atoms with Gasteiger partial charge in [-0.15, -0.1) is 0 Å². The highest BCUT2D eigenvalue weighted by Crippen LogP contribution is 2.49. The molecule has 5 heteroatoms. The van der Waals surface area contributed by atoms with Crippen LogP contribution in [0.15, 0.2) is 30.3 Å². The first-order valence-corrected chi connectivity index (χ1v) is 5.52. The van der Waals surface area contributed by atoms with Crippen molar-refractivity contribution < 1.29 is 24.1 Å². The molecule has 0 amide bonds. The molecule has 0 unspecified atom stereocenters. The maximum Gasteiger partial charge on any atom is 0.207 e. The fourth-order valence-electron chi connectivity index (χ4n) is 1.89. The first-order chi connectivity index (χ1) is 9.10. The van der Waals surface area contributed by atoms with Crippen LogP contribution in [0.5, 0.6) is 23.0 Å². The summed E-state index contributed by atoms with van der Waals surface area (Å²) in [5, 5.41) is 20.0. The topological polar surface area (TPSA) is 58.9 Å². The van der Waals surface area contributed by atoms with Crippen LogP contribution in [0.3, 0.4) is 0 Å². The summed E-state index contributed by atoms with van der Waals surface area (Å²) >= 11 is 0. The molecule has 0 aliphatic carbocycles. The summed E-state index contributed by atoms with van der Waals surface area (Å²) < 4.78 is 23.7. The quantitative estimate of drug-likeness (QED) is 0.837. The van der Waals surface area contributed by atoms with Gasteiger partial charge >= 0.3 is 0 Å². The first-order valence-electron chi connectivity index (χ1n) is 5.52. The number of hydrogen-bond donors (Lipinski definition) is 2. The van der Waals surface area contributed by atoms with Crippen molar-refractivity contribution in [2.75, 3.05) is 14.2 Å². The largest absolute Gasteiger partial charge is 0.504 e. The molecule has 0 heterocycles. The fourth-order valence-corrected chi connectivity index (χ4v) is 1.89. The van der Waals surface area contributed by atoms with Gasteiger partial charge in [-0.05, 0) is 12.1 Å². The Balaban J connectivity index is 2.73. The Morgan fingerprint density at radius 3 is 2.16 bits per heavy atom. The highest BCUT2D eigenvalue weighted by Gasteiger charge is 2.21. The smallest absolute Gasteiger partial charge is 0.207 e. The Bertz CT molecular complexity index is 611. The van der Waals surface area contributed by atoms with Gasteiger partial charge in [-0.1, -0.05) is 18.2 Å². The monoisotopic (exact) mass is 264 g/mol. The number of rotatable bonds is 3. The number of hydrogen-bond acceptors (Lipinski definition) is 4. The average Bonchev–Trinajstić information content (AvgIpc) is 2.41. The van der Waals surface area contributed by atoms with Crippen molar-refractivity contribution in [2.24, 2.45) is 0 Å². The minimum Gasteiger partial charge on any atom is -0.504 e. The molecule has 0 saturated carbocycles. The van der Waals surface area contributed by atoms with Crippen LogP contribution in [0.2, 0.25) is 0 Å². The van der Waals surface area contributed by atoms with E-state index in [0.717, 1.165) is 0 Å². The zero-order valence-corrected chi connectivity index (χ0v) is 10.5. The van der Waals surface area contributed by atoms with E-state index in [0.29, 0.717) is 0 Å². The molecule has 0 atom stereocenters. The number of aromatic hydroxyl groups is 2. The molecule has 2 rings (SSSR count). The predicted octanol–water partition coefficient (Wildman–Crippen LogP) is 2.92. The number of phenolic OH excluding ortho intramolecular Hbond substituents is 2. The number of phenols is 2. The highest BCUT2D eigenvalue weighted by atomic mass is 19.1. The highest BCUT2D eigenvalue weighted by molar-refractivity contribution is 5.79. The van der Waals surface area contributed by atoms with Crippen molar-refractivity contribution in [3.8, 4) is 34.1 Å². The van der Waals surface area contributed by atoms with Crippen LogP contribution in [0, 0.1) is 5.82 Å². The maximum absolute atomic E-state index is 13.7. The summed E-state index contributed by atoms with van der Waals surface area (Å²) in [6.07, 6.45) is 0. The zero-order chi connectivity index (χ0) is 14.0. The standard InChI is InChI=1S/C14H13FO4/c1-18-13-11(16)7-9(12(17)14(13)19-2)8-5-3-4-6-10(8)15/h3-7,16-17H,1-2H3. The number of methoxy groups -OCH3 is 2. The third kappa shape index (κ3) is 2.14. The van der Waals surface area contributed by atoms with E-state index in [4.69, 9.17) is 9.47 Å². The van der Waals surface area contributed by atoms with Crippen LogP contribution >= 0.6 is 0 Å². The molecule has 0 aromatic heterocycles. The summed E-state index contributed by atoms with van der Waals surface area (Å²) in [5.41, 5.74) is 0.296. The van der Waals surface area contributed by atoms with E-state index in [1.165, 1.54) is 38.5 Å². The summed E-state index contributed by atoms with van der Waals surface area (Å²) in [4.78, 5) is 0. The molecule has 0 bridgehead atoms. The van der Waals surface area contributed by atoms with Gasteiger partial charge in [0.25, 0.3) is 0 Å². The van der Waals surface area contributed by atoms with Crippen molar-refractivity contribution in [1.29, 1.82) is 0 Å². The number of benzene rings is 2. The van der Waals surface area contributed by atoms with E-state index in [9.17, 15) is 14.6 Å². The number of halogens is 1. The normalized spacial score (nSPS) is 10.3. The van der Waals surface area contributed by atoms with Gasteiger partial charge in [-0.25, -0.2) is 4.39 Å². The minimum absolute atomic E-state index is 0.0000827. The zero-order valence-electron chi connectivity index (χ0n) is 10.5. The van der Waals surface area contributed by atoms with Crippen molar-refractivity contribution in [3.63, 3.8) is 0 Å². The lowest BCUT2D eigenvalue weighted by Crippen LogP contribution is -1.94. The molecule has 0 aliphatic rings. The van der Waals surface area contributed by atoms with E-state index in [2.05, 4.69) is 0 Å². The SMILES string of the molecule is COc1c(O)cc(-c2ccccc2F)c(O)c1OC. The van der Waals surface area contributed by atoms with Crippen LogP contribution in [0.25, 0.3) is 11.1 Å². The second-order valence-corrected chi connectivity index (χ2v) is 3.84. The molecule has 19 heavy (non-hydrogen) atoms. The molecule has 2 aromatic rings.